The maximum absolute atomic E-state index is 13.1. The molecule has 0 saturated carbocycles. The van der Waals surface area contributed by atoms with Crippen molar-refractivity contribution in [2.45, 2.75) is 405 Å². The quantitative estimate of drug-likeness (QED) is 0.0272. The van der Waals surface area contributed by atoms with Gasteiger partial charge in [0, 0.05) is 6.42 Å². The normalized spacial score (nSPS) is 13.7. The number of nitrogens with zero attached hydrogens (tertiary/aromatic N) is 1. The fourth-order valence-corrected chi connectivity index (χ4v) is 12.4. The molecule has 0 aromatic carbocycles. The van der Waals surface area contributed by atoms with E-state index in [1.54, 1.807) is 0 Å². The highest BCUT2D eigenvalue weighted by Crippen LogP contribution is 2.38. The number of aliphatic hydroxyl groups is 1. The average Bonchev–Trinajstić information content (AvgIpc) is 3.49. The molecule has 0 bridgehead atoms. The Morgan fingerprint density at radius 2 is 0.699 bits per heavy atom. The van der Waals surface area contributed by atoms with Gasteiger partial charge in [-0.3, -0.25) is 9.36 Å². The third-order valence-corrected chi connectivity index (χ3v) is 18.4. The minimum atomic E-state index is -4.58. The lowest BCUT2D eigenvalue weighted by Crippen LogP contribution is -2.46. The Balaban J connectivity index is 3.96. The van der Waals surface area contributed by atoms with Gasteiger partial charge in [0.25, 0.3) is 7.82 Å². The molecule has 0 spiro atoms. The lowest BCUT2D eigenvalue weighted by Gasteiger charge is -2.30. The van der Waals surface area contributed by atoms with E-state index >= 15 is 0 Å². The van der Waals surface area contributed by atoms with Crippen LogP contribution in [-0.2, 0) is 18.4 Å². The molecule has 0 saturated heterocycles. The maximum atomic E-state index is 13.1. The number of rotatable bonds is 70. The van der Waals surface area contributed by atoms with Gasteiger partial charge in [-0.1, -0.05) is 366 Å². The Labute approximate surface area is 519 Å². The highest BCUT2D eigenvalue weighted by atomic mass is 31.2. The van der Waals surface area contributed by atoms with Gasteiger partial charge >= 0.3 is 0 Å². The van der Waals surface area contributed by atoms with Gasteiger partial charge in [0.05, 0.1) is 39.9 Å². The molecule has 1 amide bonds. The van der Waals surface area contributed by atoms with Crippen LogP contribution in [0.2, 0.25) is 0 Å². The zero-order chi connectivity index (χ0) is 60.5. The van der Waals surface area contributed by atoms with Crippen LogP contribution in [0.5, 0.6) is 0 Å². The molecule has 0 radical (unpaired) electrons. The number of carbonyl (C=O) groups is 1. The van der Waals surface area contributed by atoms with Gasteiger partial charge in [-0.2, -0.15) is 0 Å². The third-order valence-electron chi connectivity index (χ3n) is 17.4. The smallest absolute Gasteiger partial charge is 0.268 e. The number of quaternary nitrogens is 1. The van der Waals surface area contributed by atoms with Crippen LogP contribution in [0.25, 0.3) is 0 Å². The standard InChI is InChI=1S/C74H147N2O6P/c1-6-8-10-12-14-16-18-20-22-24-26-28-30-32-34-36-37-38-39-40-42-44-46-48-50-52-54-56-58-60-62-64-66-68-74(78)75-72(71-82-83(79,80)81-70-69-76(3,4)5)73(77)67-65-63-61-59-57-55-53-51-49-47-45-43-41-35-33-31-29-27-25-23-21-19-17-15-13-11-9-7-2/h18,20,24,26,72-73,77H,6-17,19,21-23,25,27-71H2,1-5H3,(H-,75,78,79,80)/b20-18-,26-24-. The van der Waals surface area contributed by atoms with Gasteiger partial charge in [0.1, 0.15) is 13.2 Å². The largest absolute Gasteiger partial charge is 0.756 e. The van der Waals surface area contributed by atoms with Crippen LogP contribution in [0.3, 0.4) is 0 Å². The molecule has 9 heteroatoms. The van der Waals surface area contributed by atoms with Crippen LogP contribution in [0.1, 0.15) is 393 Å². The van der Waals surface area contributed by atoms with E-state index in [1.807, 2.05) is 21.1 Å². The third kappa shape index (κ3) is 68.3. The van der Waals surface area contributed by atoms with Gasteiger partial charge in [-0.25, -0.2) is 0 Å². The molecule has 2 N–H and O–H groups in total. The zero-order valence-corrected chi connectivity index (χ0v) is 57.6. The number of phosphoric acid groups is 1. The molecule has 0 aliphatic rings. The van der Waals surface area contributed by atoms with Crippen molar-refractivity contribution < 1.29 is 32.9 Å². The second-order valence-electron chi connectivity index (χ2n) is 27.0. The van der Waals surface area contributed by atoms with Crippen molar-refractivity contribution in [1.82, 2.24) is 5.32 Å². The number of hydrogen-bond donors (Lipinski definition) is 2. The molecule has 0 aromatic rings. The van der Waals surface area contributed by atoms with Crippen molar-refractivity contribution in [3.8, 4) is 0 Å². The summed E-state index contributed by atoms with van der Waals surface area (Å²) < 4.78 is 23.6. The van der Waals surface area contributed by atoms with E-state index in [9.17, 15) is 19.4 Å². The molecular formula is C74H147N2O6P. The van der Waals surface area contributed by atoms with Crippen molar-refractivity contribution in [1.29, 1.82) is 0 Å². The predicted molar refractivity (Wildman–Crippen MR) is 362 cm³/mol. The molecule has 494 valence electrons. The highest BCUT2D eigenvalue weighted by Gasteiger charge is 2.24. The van der Waals surface area contributed by atoms with E-state index in [2.05, 4.69) is 43.5 Å². The molecule has 0 aliphatic heterocycles. The number of amides is 1. The van der Waals surface area contributed by atoms with Crippen LogP contribution in [-0.4, -0.2) is 68.5 Å². The summed E-state index contributed by atoms with van der Waals surface area (Å²) in [6.07, 6.45) is 85.6. The Kier molecular flexibility index (Phi) is 64.6. The molecule has 0 aromatic heterocycles. The van der Waals surface area contributed by atoms with Gasteiger partial charge in [-0.05, 0) is 44.9 Å². The molecule has 0 fully saturated rings. The summed E-state index contributed by atoms with van der Waals surface area (Å²) in [4.78, 5) is 25.7. The maximum Gasteiger partial charge on any atom is 0.268 e. The molecule has 3 unspecified atom stereocenters. The zero-order valence-electron chi connectivity index (χ0n) is 56.7. The number of phosphoric ester groups is 1. The Morgan fingerprint density at radius 1 is 0.422 bits per heavy atom. The monoisotopic (exact) mass is 1190 g/mol. The first-order valence-corrected chi connectivity index (χ1v) is 38.6. The lowest BCUT2D eigenvalue weighted by molar-refractivity contribution is -0.870. The molecule has 3 atom stereocenters. The highest BCUT2D eigenvalue weighted by molar-refractivity contribution is 7.45. The van der Waals surface area contributed by atoms with Crippen LogP contribution >= 0.6 is 7.82 Å². The Hall–Kier alpha value is -1.02. The van der Waals surface area contributed by atoms with E-state index in [0.29, 0.717) is 23.9 Å². The van der Waals surface area contributed by atoms with Crippen LogP contribution in [0.15, 0.2) is 24.3 Å². The lowest BCUT2D eigenvalue weighted by atomic mass is 10.0. The van der Waals surface area contributed by atoms with Crippen LogP contribution < -0.4 is 10.2 Å². The summed E-state index contributed by atoms with van der Waals surface area (Å²) in [7, 11) is 1.33. The summed E-state index contributed by atoms with van der Waals surface area (Å²) in [5.41, 5.74) is 0. The molecule has 0 aliphatic carbocycles. The second kappa shape index (κ2) is 65.4. The fourth-order valence-electron chi connectivity index (χ4n) is 11.7. The predicted octanol–water partition coefficient (Wildman–Crippen LogP) is 23.2. The SMILES string of the molecule is CCCCCCC/C=C\C/C=C\CCCCCCCCCCCCCCCCCCCCCCCC(=O)NC(COP(=O)([O-])OCC[N+](C)(C)C)C(O)CCCCCCCCCCCCCCCCCCCCCCCCCCCCCC. The van der Waals surface area contributed by atoms with Crippen LogP contribution in [0, 0.1) is 0 Å². The number of nitrogens with one attached hydrogen (secondary N) is 1. The number of likely N-dealkylation sites (N-methyl/N-ethyl adjacent to an activating group) is 1. The minimum Gasteiger partial charge on any atom is -0.756 e. The molecule has 0 heterocycles. The first-order valence-electron chi connectivity index (χ1n) is 37.2. The van der Waals surface area contributed by atoms with E-state index in [4.69, 9.17) is 9.05 Å². The Morgan fingerprint density at radius 3 is 1.00 bits per heavy atom. The van der Waals surface area contributed by atoms with Crippen molar-refractivity contribution in [2.24, 2.45) is 0 Å². The topological polar surface area (TPSA) is 108 Å². The summed E-state index contributed by atoms with van der Waals surface area (Å²) >= 11 is 0. The van der Waals surface area contributed by atoms with Gasteiger partial charge in [0.15, 0.2) is 0 Å². The van der Waals surface area contributed by atoms with Crippen LogP contribution in [0.4, 0.5) is 0 Å². The minimum absolute atomic E-state index is 0.0153. The van der Waals surface area contributed by atoms with Crippen molar-refractivity contribution >= 4 is 13.7 Å². The molecular weight excluding hydrogens is 1040 g/mol. The van der Waals surface area contributed by atoms with E-state index < -0.39 is 20.0 Å². The number of unbranched alkanes of at least 4 members (excludes halogenated alkanes) is 53. The van der Waals surface area contributed by atoms with E-state index in [-0.39, 0.29) is 19.1 Å². The second-order valence-corrected chi connectivity index (χ2v) is 28.4. The Bertz CT molecular complexity index is 1400. The number of allylic oxidation sites excluding steroid dienone is 4. The molecule has 0 rings (SSSR count). The van der Waals surface area contributed by atoms with E-state index in [0.717, 1.165) is 44.9 Å². The van der Waals surface area contributed by atoms with Crippen molar-refractivity contribution in [2.75, 3.05) is 40.9 Å². The molecule has 8 nitrogen and oxygen atoms in total. The van der Waals surface area contributed by atoms with Gasteiger partial charge in [-0.15, -0.1) is 0 Å². The van der Waals surface area contributed by atoms with Gasteiger partial charge in [0.2, 0.25) is 5.91 Å². The summed E-state index contributed by atoms with van der Waals surface area (Å²) in [6, 6.07) is -0.800. The first-order chi connectivity index (χ1) is 40.5. The van der Waals surface area contributed by atoms with Crippen molar-refractivity contribution in [3.63, 3.8) is 0 Å². The summed E-state index contributed by atoms with van der Waals surface area (Å²) in [5, 5.41) is 14.1. The first kappa shape index (κ1) is 82.0. The average molecular weight is 1190 g/mol. The van der Waals surface area contributed by atoms with Crippen molar-refractivity contribution in [3.05, 3.63) is 24.3 Å². The number of hydrogen-bond acceptors (Lipinski definition) is 6. The fraction of sp³-hybridized carbons (Fsp3) is 0.932. The number of carbonyl (C=O) groups excluding carboxylic acids is 1. The summed E-state index contributed by atoms with van der Waals surface area (Å²) in [6.45, 7) is 4.78. The van der Waals surface area contributed by atoms with E-state index in [1.165, 1.54) is 321 Å². The number of aliphatic hydroxyl groups excluding tert-OH is 1. The summed E-state index contributed by atoms with van der Waals surface area (Å²) in [5.74, 6) is -0.155. The molecule has 83 heavy (non-hydrogen) atoms. The van der Waals surface area contributed by atoms with Gasteiger partial charge < -0.3 is 28.8 Å².